The number of rotatable bonds is 6. The second-order valence-corrected chi connectivity index (χ2v) is 6.95. The first-order chi connectivity index (χ1) is 13.7. The van der Waals surface area contributed by atoms with Gasteiger partial charge < -0.3 is 5.32 Å². The van der Waals surface area contributed by atoms with Crippen LogP contribution in [0.2, 0.25) is 5.02 Å². The van der Waals surface area contributed by atoms with Crippen LogP contribution in [-0.2, 0) is 13.0 Å². The van der Waals surface area contributed by atoms with Crippen LogP contribution in [0.1, 0.15) is 21.6 Å². The fourth-order valence-corrected chi connectivity index (χ4v) is 3.26. The molecule has 0 saturated heterocycles. The summed E-state index contributed by atoms with van der Waals surface area (Å²) in [5.41, 5.74) is 3.58. The van der Waals surface area contributed by atoms with Gasteiger partial charge in [0.25, 0.3) is 5.91 Å². The van der Waals surface area contributed by atoms with E-state index in [0.717, 1.165) is 28.5 Å². The summed E-state index contributed by atoms with van der Waals surface area (Å²) < 4.78 is 1.86. The number of aromatic nitrogens is 3. The molecule has 5 nitrogen and oxygen atoms in total. The van der Waals surface area contributed by atoms with Gasteiger partial charge in [-0.05, 0) is 47.9 Å². The molecule has 140 valence electrons. The van der Waals surface area contributed by atoms with Gasteiger partial charge in [-0.25, -0.2) is 0 Å². The second-order valence-electron chi connectivity index (χ2n) is 6.51. The first-order valence-electron chi connectivity index (χ1n) is 9.08. The molecule has 0 bridgehead atoms. The maximum Gasteiger partial charge on any atom is 0.272 e. The Kier molecular flexibility index (Phi) is 5.35. The fraction of sp³-hybridized carbons (Fsp3) is 0.136. The van der Waals surface area contributed by atoms with E-state index in [4.69, 9.17) is 11.6 Å². The lowest BCUT2D eigenvalue weighted by Gasteiger charge is -2.04. The molecule has 1 amide bonds. The van der Waals surface area contributed by atoms with Gasteiger partial charge in [0.15, 0.2) is 5.69 Å². The van der Waals surface area contributed by atoms with E-state index in [0.29, 0.717) is 23.8 Å². The van der Waals surface area contributed by atoms with E-state index in [1.807, 2.05) is 65.3 Å². The molecule has 0 aliphatic carbocycles. The third-order valence-corrected chi connectivity index (χ3v) is 4.82. The van der Waals surface area contributed by atoms with E-state index in [1.54, 1.807) is 12.4 Å². The van der Waals surface area contributed by atoms with E-state index < -0.39 is 0 Å². The summed E-state index contributed by atoms with van der Waals surface area (Å²) in [7, 11) is 0. The Morgan fingerprint density at radius 1 is 0.964 bits per heavy atom. The zero-order valence-corrected chi connectivity index (χ0v) is 15.9. The SMILES string of the molecule is O=C(NCCc1ccncc1)c1nn(Cc2ccc(Cl)cc2)c2ccccc12. The number of benzene rings is 2. The summed E-state index contributed by atoms with van der Waals surface area (Å²) in [6.45, 7) is 1.11. The number of pyridine rings is 1. The molecule has 2 heterocycles. The van der Waals surface area contributed by atoms with Crippen molar-refractivity contribution in [1.29, 1.82) is 0 Å². The molecule has 2 aromatic heterocycles. The van der Waals surface area contributed by atoms with Gasteiger partial charge >= 0.3 is 0 Å². The predicted molar refractivity (Wildman–Crippen MR) is 111 cm³/mol. The van der Waals surface area contributed by atoms with Crippen molar-refractivity contribution in [2.45, 2.75) is 13.0 Å². The fourth-order valence-electron chi connectivity index (χ4n) is 3.13. The van der Waals surface area contributed by atoms with Crippen molar-refractivity contribution in [3.8, 4) is 0 Å². The molecule has 0 spiro atoms. The summed E-state index contributed by atoms with van der Waals surface area (Å²) in [6.07, 6.45) is 4.25. The van der Waals surface area contributed by atoms with Gasteiger partial charge in [-0.15, -0.1) is 0 Å². The zero-order chi connectivity index (χ0) is 19.3. The normalized spacial score (nSPS) is 10.9. The Balaban J connectivity index is 1.53. The maximum atomic E-state index is 12.7. The Bertz CT molecular complexity index is 1090. The van der Waals surface area contributed by atoms with Crippen LogP contribution in [0, 0.1) is 0 Å². The molecule has 28 heavy (non-hydrogen) atoms. The van der Waals surface area contributed by atoms with E-state index in [-0.39, 0.29) is 5.91 Å². The number of amides is 1. The lowest BCUT2D eigenvalue weighted by Crippen LogP contribution is -2.26. The quantitative estimate of drug-likeness (QED) is 0.539. The number of para-hydroxylation sites is 1. The van der Waals surface area contributed by atoms with Crippen LogP contribution in [0.25, 0.3) is 10.9 Å². The van der Waals surface area contributed by atoms with Crippen molar-refractivity contribution in [3.63, 3.8) is 0 Å². The van der Waals surface area contributed by atoms with E-state index in [2.05, 4.69) is 15.4 Å². The number of fused-ring (bicyclic) bond motifs is 1. The molecule has 0 fully saturated rings. The molecule has 4 aromatic rings. The minimum Gasteiger partial charge on any atom is -0.350 e. The number of nitrogens with one attached hydrogen (secondary N) is 1. The summed E-state index contributed by atoms with van der Waals surface area (Å²) >= 11 is 5.97. The molecule has 0 unspecified atom stereocenters. The molecule has 0 aliphatic heterocycles. The van der Waals surface area contributed by atoms with Crippen molar-refractivity contribution >= 4 is 28.4 Å². The number of carbonyl (C=O) groups is 1. The average Bonchev–Trinajstić information content (AvgIpc) is 3.09. The van der Waals surface area contributed by atoms with Crippen LogP contribution >= 0.6 is 11.6 Å². The van der Waals surface area contributed by atoms with Gasteiger partial charge in [0.1, 0.15) is 0 Å². The van der Waals surface area contributed by atoms with Gasteiger partial charge in [0, 0.05) is 29.3 Å². The Morgan fingerprint density at radius 3 is 2.50 bits per heavy atom. The van der Waals surface area contributed by atoms with Gasteiger partial charge in [0.05, 0.1) is 12.1 Å². The van der Waals surface area contributed by atoms with Crippen LogP contribution in [0.15, 0.2) is 73.1 Å². The van der Waals surface area contributed by atoms with Crippen LogP contribution in [0.3, 0.4) is 0 Å². The van der Waals surface area contributed by atoms with Gasteiger partial charge in [0.2, 0.25) is 0 Å². The molecular formula is C22H19ClN4O. The van der Waals surface area contributed by atoms with Crippen LogP contribution in [0.4, 0.5) is 0 Å². The molecule has 0 aliphatic rings. The van der Waals surface area contributed by atoms with Crippen molar-refractivity contribution in [1.82, 2.24) is 20.1 Å². The maximum absolute atomic E-state index is 12.7. The molecule has 6 heteroatoms. The lowest BCUT2D eigenvalue weighted by atomic mass is 10.2. The molecule has 2 aromatic carbocycles. The molecule has 0 saturated carbocycles. The minimum absolute atomic E-state index is 0.167. The highest BCUT2D eigenvalue weighted by Crippen LogP contribution is 2.20. The number of hydrogen-bond acceptors (Lipinski definition) is 3. The lowest BCUT2D eigenvalue weighted by molar-refractivity contribution is 0.0950. The molecule has 0 atom stereocenters. The third kappa shape index (κ3) is 4.05. The highest BCUT2D eigenvalue weighted by molar-refractivity contribution is 6.30. The van der Waals surface area contributed by atoms with Crippen molar-refractivity contribution in [2.24, 2.45) is 0 Å². The zero-order valence-electron chi connectivity index (χ0n) is 15.2. The number of hydrogen-bond donors (Lipinski definition) is 1. The second kappa shape index (κ2) is 8.23. The predicted octanol–water partition coefficient (Wildman–Crippen LogP) is 4.11. The standard InChI is InChI=1S/C22H19ClN4O/c23-18-7-5-17(6-8-18)15-27-20-4-2-1-3-19(20)21(26-27)22(28)25-14-11-16-9-12-24-13-10-16/h1-10,12-13H,11,14-15H2,(H,25,28). The minimum atomic E-state index is -0.167. The van der Waals surface area contributed by atoms with Crippen molar-refractivity contribution < 1.29 is 4.79 Å². The third-order valence-electron chi connectivity index (χ3n) is 4.57. The smallest absolute Gasteiger partial charge is 0.272 e. The number of halogens is 1. The summed E-state index contributed by atoms with van der Waals surface area (Å²) in [4.78, 5) is 16.7. The topological polar surface area (TPSA) is 59.8 Å². The molecule has 4 rings (SSSR count). The molecule has 0 radical (unpaired) electrons. The number of carbonyl (C=O) groups excluding carboxylic acids is 1. The monoisotopic (exact) mass is 390 g/mol. The number of nitrogens with zero attached hydrogens (tertiary/aromatic N) is 3. The highest BCUT2D eigenvalue weighted by Gasteiger charge is 2.16. The largest absolute Gasteiger partial charge is 0.350 e. The summed E-state index contributed by atoms with van der Waals surface area (Å²) in [5.74, 6) is -0.167. The van der Waals surface area contributed by atoms with E-state index >= 15 is 0 Å². The first-order valence-corrected chi connectivity index (χ1v) is 9.45. The Morgan fingerprint density at radius 2 is 1.71 bits per heavy atom. The Hall–Kier alpha value is -3.18. The van der Waals surface area contributed by atoms with E-state index in [9.17, 15) is 4.79 Å². The van der Waals surface area contributed by atoms with Crippen LogP contribution < -0.4 is 5.32 Å². The Labute approximate surface area is 168 Å². The summed E-state index contributed by atoms with van der Waals surface area (Å²) in [6, 6.07) is 19.3. The van der Waals surface area contributed by atoms with Crippen LogP contribution in [0.5, 0.6) is 0 Å². The van der Waals surface area contributed by atoms with Gasteiger partial charge in [-0.3, -0.25) is 14.5 Å². The highest BCUT2D eigenvalue weighted by atomic mass is 35.5. The van der Waals surface area contributed by atoms with Gasteiger partial charge in [-0.1, -0.05) is 41.9 Å². The van der Waals surface area contributed by atoms with E-state index in [1.165, 1.54) is 0 Å². The summed E-state index contributed by atoms with van der Waals surface area (Å²) in [5, 5.41) is 9.11. The van der Waals surface area contributed by atoms with Crippen molar-refractivity contribution in [2.75, 3.05) is 6.54 Å². The van der Waals surface area contributed by atoms with Gasteiger partial charge in [-0.2, -0.15) is 5.10 Å². The van der Waals surface area contributed by atoms with Crippen LogP contribution in [-0.4, -0.2) is 27.2 Å². The molecular weight excluding hydrogens is 372 g/mol. The molecule has 1 N–H and O–H groups in total. The average molecular weight is 391 g/mol. The first kappa shape index (κ1) is 18.2. The van der Waals surface area contributed by atoms with Crippen molar-refractivity contribution in [3.05, 3.63) is 94.9 Å².